The van der Waals surface area contributed by atoms with Gasteiger partial charge in [-0.05, 0) is 40.4 Å². The summed E-state index contributed by atoms with van der Waals surface area (Å²) in [4.78, 5) is 11.1. The van der Waals surface area contributed by atoms with E-state index < -0.39 is 18.3 Å². The van der Waals surface area contributed by atoms with E-state index >= 15 is 0 Å². The van der Waals surface area contributed by atoms with Crippen molar-refractivity contribution in [2.45, 2.75) is 16.6 Å². The molecular weight excluding hydrogens is 273 g/mol. The lowest BCUT2D eigenvalue weighted by Crippen LogP contribution is -2.11. The molecule has 0 unspecified atom stereocenters. The zero-order chi connectivity index (χ0) is 13.8. The quantitative estimate of drug-likeness (QED) is 0.887. The Morgan fingerprint density at radius 1 is 1.58 bits per heavy atom. The number of tetrazole rings is 1. The summed E-state index contributed by atoms with van der Waals surface area (Å²) >= 11 is 0.997. The van der Waals surface area contributed by atoms with Gasteiger partial charge in [0.2, 0.25) is 5.16 Å². The van der Waals surface area contributed by atoms with E-state index in [0.29, 0.717) is 4.90 Å². The molecule has 96 valence electrons. The number of halogens is 1. The Labute approximate surface area is 110 Å². The summed E-state index contributed by atoms with van der Waals surface area (Å²) in [6, 6.07) is 5.56. The highest BCUT2D eigenvalue weighted by atomic mass is 32.2. The number of hydrogen-bond donors (Lipinski definition) is 1. The van der Waals surface area contributed by atoms with Crippen LogP contribution in [0.4, 0.5) is 4.39 Å². The standard InChI is InChI=1S/C10H6FN5O2S/c11-7-1-2-8(6(3-7)4-12)19-10-13-14-15-16(10)5-9(17)18/h1-3H,5H2,(H,17,18). The smallest absolute Gasteiger partial charge is 0.325 e. The fourth-order valence-corrected chi connectivity index (χ4v) is 2.10. The van der Waals surface area contributed by atoms with Gasteiger partial charge in [-0.1, -0.05) is 0 Å². The number of carbonyl (C=O) groups is 1. The second-order valence-electron chi connectivity index (χ2n) is 3.37. The molecular formula is C10H6FN5O2S. The Morgan fingerprint density at radius 3 is 3.05 bits per heavy atom. The van der Waals surface area contributed by atoms with Crippen LogP contribution >= 0.6 is 11.8 Å². The van der Waals surface area contributed by atoms with Crippen LogP contribution in [0.1, 0.15) is 5.56 Å². The molecule has 0 amide bonds. The first-order valence-corrected chi connectivity index (χ1v) is 5.77. The Bertz CT molecular complexity index is 666. The van der Waals surface area contributed by atoms with Crippen molar-refractivity contribution in [3.63, 3.8) is 0 Å². The van der Waals surface area contributed by atoms with E-state index in [1.807, 2.05) is 6.07 Å². The van der Waals surface area contributed by atoms with Crippen LogP contribution in [0.3, 0.4) is 0 Å². The molecule has 1 heterocycles. The summed E-state index contributed by atoms with van der Waals surface area (Å²) in [5, 5.41) is 28.4. The van der Waals surface area contributed by atoms with Gasteiger partial charge in [0.05, 0.1) is 5.56 Å². The van der Waals surface area contributed by atoms with Crippen LogP contribution in [0, 0.1) is 17.1 Å². The summed E-state index contributed by atoms with van der Waals surface area (Å²) in [5.74, 6) is -1.61. The molecule has 0 saturated heterocycles. The van der Waals surface area contributed by atoms with E-state index in [9.17, 15) is 9.18 Å². The van der Waals surface area contributed by atoms with Gasteiger partial charge in [-0.25, -0.2) is 9.07 Å². The number of nitriles is 1. The normalized spacial score (nSPS) is 10.1. The molecule has 0 fully saturated rings. The highest BCUT2D eigenvalue weighted by molar-refractivity contribution is 7.99. The molecule has 1 N–H and O–H groups in total. The molecule has 7 nitrogen and oxygen atoms in total. The van der Waals surface area contributed by atoms with Crippen molar-refractivity contribution in [3.8, 4) is 6.07 Å². The van der Waals surface area contributed by atoms with Gasteiger partial charge in [0.15, 0.2) is 0 Å². The molecule has 0 saturated carbocycles. The van der Waals surface area contributed by atoms with Crippen LogP contribution in [0.25, 0.3) is 0 Å². The first-order valence-electron chi connectivity index (χ1n) is 4.95. The lowest BCUT2D eigenvalue weighted by molar-refractivity contribution is -0.138. The number of carboxylic acid groups (broad SMARTS) is 1. The van der Waals surface area contributed by atoms with Crippen molar-refractivity contribution < 1.29 is 14.3 Å². The van der Waals surface area contributed by atoms with Gasteiger partial charge >= 0.3 is 5.97 Å². The average Bonchev–Trinajstić information content (AvgIpc) is 2.78. The second kappa shape index (κ2) is 5.45. The lowest BCUT2D eigenvalue weighted by Gasteiger charge is -2.03. The van der Waals surface area contributed by atoms with Crippen LogP contribution in [-0.2, 0) is 11.3 Å². The van der Waals surface area contributed by atoms with Crippen molar-refractivity contribution in [2.75, 3.05) is 0 Å². The molecule has 2 aromatic rings. The third kappa shape index (κ3) is 3.05. The Kier molecular flexibility index (Phi) is 3.72. The fraction of sp³-hybridized carbons (Fsp3) is 0.100. The Hall–Kier alpha value is -2.47. The molecule has 9 heteroatoms. The van der Waals surface area contributed by atoms with Crippen LogP contribution in [0.15, 0.2) is 28.3 Å². The van der Waals surface area contributed by atoms with Gasteiger partial charge in [0, 0.05) is 4.90 Å². The van der Waals surface area contributed by atoms with Crippen LogP contribution in [0.5, 0.6) is 0 Å². The van der Waals surface area contributed by atoms with Crippen LogP contribution < -0.4 is 0 Å². The molecule has 1 aromatic heterocycles. The SMILES string of the molecule is N#Cc1cc(F)ccc1Sc1nnnn1CC(=O)O. The van der Waals surface area contributed by atoms with E-state index in [-0.39, 0.29) is 10.7 Å². The van der Waals surface area contributed by atoms with Gasteiger partial charge < -0.3 is 5.11 Å². The Balaban J connectivity index is 2.29. The van der Waals surface area contributed by atoms with Crippen LogP contribution in [0.2, 0.25) is 0 Å². The minimum absolute atomic E-state index is 0.134. The maximum atomic E-state index is 13.0. The summed E-state index contributed by atoms with van der Waals surface area (Å²) in [5.41, 5.74) is 0.134. The van der Waals surface area contributed by atoms with Gasteiger partial charge in [-0.2, -0.15) is 5.26 Å². The zero-order valence-electron chi connectivity index (χ0n) is 9.32. The molecule has 19 heavy (non-hydrogen) atoms. The molecule has 0 aliphatic heterocycles. The summed E-state index contributed by atoms with van der Waals surface area (Å²) in [6.07, 6.45) is 0. The maximum Gasteiger partial charge on any atom is 0.325 e. The number of carboxylic acids is 1. The third-order valence-electron chi connectivity index (χ3n) is 2.05. The predicted octanol–water partition coefficient (Wildman–Crippen LogP) is 0.920. The number of hydrogen-bond acceptors (Lipinski definition) is 6. The number of aromatic nitrogens is 4. The van der Waals surface area contributed by atoms with Crippen molar-refractivity contribution in [3.05, 3.63) is 29.6 Å². The number of aliphatic carboxylic acids is 1. The number of rotatable bonds is 4. The average molecular weight is 279 g/mol. The minimum Gasteiger partial charge on any atom is -0.480 e. The monoisotopic (exact) mass is 279 g/mol. The topological polar surface area (TPSA) is 105 Å². The molecule has 0 bridgehead atoms. The fourth-order valence-electron chi connectivity index (χ4n) is 1.27. The summed E-state index contributed by atoms with van der Waals surface area (Å²) in [7, 11) is 0. The van der Waals surface area contributed by atoms with Crippen molar-refractivity contribution in [2.24, 2.45) is 0 Å². The van der Waals surface area contributed by atoms with E-state index in [1.165, 1.54) is 12.1 Å². The van der Waals surface area contributed by atoms with E-state index in [2.05, 4.69) is 15.5 Å². The largest absolute Gasteiger partial charge is 0.480 e. The first-order chi connectivity index (χ1) is 9.10. The summed E-state index contributed by atoms with van der Waals surface area (Å²) < 4.78 is 14.1. The maximum absolute atomic E-state index is 13.0. The van der Waals surface area contributed by atoms with Crippen LogP contribution in [-0.4, -0.2) is 31.3 Å². The lowest BCUT2D eigenvalue weighted by atomic mass is 10.2. The highest BCUT2D eigenvalue weighted by Gasteiger charge is 2.13. The molecule has 1 aromatic carbocycles. The second-order valence-corrected chi connectivity index (χ2v) is 4.38. The predicted molar refractivity (Wildman–Crippen MR) is 60.7 cm³/mol. The summed E-state index contributed by atoms with van der Waals surface area (Å²) in [6.45, 7) is -0.390. The van der Waals surface area contributed by atoms with E-state index in [1.54, 1.807) is 0 Å². The van der Waals surface area contributed by atoms with Crippen molar-refractivity contribution >= 4 is 17.7 Å². The third-order valence-corrected chi connectivity index (χ3v) is 3.10. The highest BCUT2D eigenvalue weighted by Crippen LogP contribution is 2.28. The van der Waals surface area contributed by atoms with Crippen molar-refractivity contribution in [1.29, 1.82) is 5.26 Å². The van der Waals surface area contributed by atoms with E-state index in [0.717, 1.165) is 22.5 Å². The molecule has 0 aliphatic rings. The first kappa shape index (κ1) is 13.0. The Morgan fingerprint density at radius 2 is 2.37 bits per heavy atom. The van der Waals surface area contributed by atoms with Gasteiger partial charge in [-0.15, -0.1) is 5.10 Å². The molecule has 0 radical (unpaired) electrons. The van der Waals surface area contributed by atoms with Gasteiger partial charge in [0.25, 0.3) is 0 Å². The zero-order valence-corrected chi connectivity index (χ0v) is 10.1. The molecule has 2 rings (SSSR count). The van der Waals surface area contributed by atoms with Crippen molar-refractivity contribution in [1.82, 2.24) is 20.2 Å². The minimum atomic E-state index is -1.09. The van der Waals surface area contributed by atoms with Gasteiger partial charge in [-0.3, -0.25) is 4.79 Å². The van der Waals surface area contributed by atoms with E-state index in [4.69, 9.17) is 10.4 Å². The van der Waals surface area contributed by atoms with Gasteiger partial charge in [0.1, 0.15) is 18.4 Å². The number of nitrogens with zero attached hydrogens (tertiary/aromatic N) is 5. The molecule has 0 spiro atoms. The number of benzene rings is 1. The molecule has 0 atom stereocenters. The molecule has 0 aliphatic carbocycles.